The number of nitrogens with one attached hydrogen (secondary N) is 1. The lowest BCUT2D eigenvalue weighted by atomic mass is 9.97. The Morgan fingerprint density at radius 1 is 1.11 bits per heavy atom. The fraction of sp³-hybridized carbons (Fsp3) is 0.462. The summed E-state index contributed by atoms with van der Waals surface area (Å²) in [6.45, 7) is 6.39. The highest BCUT2D eigenvalue weighted by atomic mass is 35.5. The number of rotatable bonds is 4. The second kappa shape index (κ2) is 10.2. The van der Waals surface area contributed by atoms with Gasteiger partial charge in [0.05, 0.1) is 16.5 Å². The van der Waals surface area contributed by atoms with E-state index in [4.69, 9.17) is 16.3 Å². The van der Waals surface area contributed by atoms with E-state index in [2.05, 4.69) is 10.2 Å². The van der Waals surface area contributed by atoms with Crippen LogP contribution in [0.4, 0.5) is 11.4 Å². The highest BCUT2D eigenvalue weighted by molar-refractivity contribution is 7.89. The van der Waals surface area contributed by atoms with E-state index in [0.29, 0.717) is 67.6 Å². The topological polar surface area (TPSA) is 99.3 Å². The van der Waals surface area contributed by atoms with Crippen molar-refractivity contribution >= 4 is 44.8 Å². The number of hydrogen-bond acceptors (Lipinski definition) is 6. The summed E-state index contributed by atoms with van der Waals surface area (Å²) in [5.74, 6) is -0.311. The molecule has 5 rings (SSSR count). The maximum absolute atomic E-state index is 13.7. The van der Waals surface area contributed by atoms with Gasteiger partial charge in [0, 0.05) is 56.0 Å². The summed E-state index contributed by atoms with van der Waals surface area (Å²) in [5.41, 5.74) is 2.01. The maximum Gasteiger partial charge on any atom is 0.265 e. The number of halogens is 1. The van der Waals surface area contributed by atoms with Crippen LogP contribution in [0.5, 0.6) is 5.75 Å². The first-order valence-electron chi connectivity index (χ1n) is 12.5. The number of carbonyl (C=O) groups excluding carboxylic acids is 2. The number of hydrogen-bond donors (Lipinski definition) is 1. The van der Waals surface area contributed by atoms with E-state index < -0.39 is 16.1 Å². The van der Waals surface area contributed by atoms with Gasteiger partial charge in [0.1, 0.15) is 5.75 Å². The smallest absolute Gasteiger partial charge is 0.265 e. The zero-order valence-electron chi connectivity index (χ0n) is 20.9. The van der Waals surface area contributed by atoms with Gasteiger partial charge in [-0.25, -0.2) is 8.42 Å². The third-order valence-electron chi connectivity index (χ3n) is 7.32. The third kappa shape index (κ3) is 5.15. The molecule has 37 heavy (non-hydrogen) atoms. The molecule has 0 unspecified atom stereocenters. The summed E-state index contributed by atoms with van der Waals surface area (Å²) in [5, 5.41) is 3.43. The molecule has 0 aromatic heterocycles. The highest BCUT2D eigenvalue weighted by Crippen LogP contribution is 2.36. The van der Waals surface area contributed by atoms with Gasteiger partial charge in [0.15, 0.2) is 6.10 Å². The second-order valence-corrected chi connectivity index (χ2v) is 12.2. The summed E-state index contributed by atoms with van der Waals surface area (Å²) in [6, 6.07) is 10.8. The number of nitrogens with zero attached hydrogens (tertiary/aromatic N) is 3. The standard InChI is InChI=1S/C26H31ClN4O5S/c1-17-13-22-23(36-18(2)25(32)28-22)15-24(17)37(34,35)31-8-4-5-19(16-31)26(33)30-11-9-29(10-12-30)21-7-3-6-20(27)14-21/h3,6-7,13-15,18-19H,4-5,8-12,16H2,1-2H3,(H,28,32)/t18-,19-/m0/s1. The molecule has 198 valence electrons. The van der Waals surface area contributed by atoms with Crippen LogP contribution in [0.3, 0.4) is 0 Å². The number of piperazine rings is 1. The first-order valence-corrected chi connectivity index (χ1v) is 14.4. The lowest BCUT2D eigenvalue weighted by molar-refractivity contribution is -0.137. The summed E-state index contributed by atoms with van der Waals surface area (Å²) in [6.07, 6.45) is 0.572. The molecular formula is C26H31ClN4O5S. The molecule has 2 amide bonds. The molecule has 9 nitrogen and oxygen atoms in total. The van der Waals surface area contributed by atoms with Gasteiger partial charge >= 0.3 is 0 Å². The molecule has 11 heteroatoms. The molecule has 0 spiro atoms. The summed E-state index contributed by atoms with van der Waals surface area (Å²) >= 11 is 6.13. The Morgan fingerprint density at radius 2 is 1.86 bits per heavy atom. The van der Waals surface area contributed by atoms with Crippen LogP contribution < -0.4 is 15.0 Å². The van der Waals surface area contributed by atoms with Crippen LogP contribution in [0.1, 0.15) is 25.3 Å². The van der Waals surface area contributed by atoms with Crippen molar-refractivity contribution in [2.75, 3.05) is 49.5 Å². The van der Waals surface area contributed by atoms with E-state index in [0.717, 1.165) is 5.69 Å². The number of carbonyl (C=O) groups is 2. The van der Waals surface area contributed by atoms with Crippen LogP contribution in [0.15, 0.2) is 41.3 Å². The van der Waals surface area contributed by atoms with E-state index in [9.17, 15) is 18.0 Å². The predicted octanol–water partition coefficient (Wildman–Crippen LogP) is 3.12. The number of ether oxygens (including phenoxy) is 1. The van der Waals surface area contributed by atoms with Crippen LogP contribution in [-0.4, -0.2) is 74.8 Å². The summed E-state index contributed by atoms with van der Waals surface area (Å²) in [7, 11) is -3.85. The largest absolute Gasteiger partial charge is 0.479 e. The fourth-order valence-electron chi connectivity index (χ4n) is 5.24. The lowest BCUT2D eigenvalue weighted by Crippen LogP contribution is -2.53. The van der Waals surface area contributed by atoms with Crippen LogP contribution in [0.25, 0.3) is 0 Å². The molecule has 2 aromatic carbocycles. The van der Waals surface area contributed by atoms with E-state index in [-0.39, 0.29) is 29.2 Å². The Bertz CT molecular complexity index is 1330. The van der Waals surface area contributed by atoms with Crippen LogP contribution in [0.2, 0.25) is 5.02 Å². The maximum atomic E-state index is 13.7. The molecule has 2 aromatic rings. The molecule has 0 radical (unpaired) electrons. The average molecular weight is 547 g/mol. The van der Waals surface area contributed by atoms with Gasteiger partial charge in [-0.2, -0.15) is 4.31 Å². The van der Waals surface area contributed by atoms with Crippen LogP contribution in [-0.2, 0) is 19.6 Å². The minimum absolute atomic E-state index is 0.00711. The fourth-order valence-corrected chi connectivity index (χ4v) is 7.17. The van der Waals surface area contributed by atoms with Crippen LogP contribution >= 0.6 is 11.6 Å². The van der Waals surface area contributed by atoms with Gasteiger partial charge in [0.25, 0.3) is 5.91 Å². The molecule has 3 heterocycles. The van der Waals surface area contributed by atoms with Gasteiger partial charge in [0.2, 0.25) is 15.9 Å². The molecule has 3 aliphatic rings. The highest BCUT2D eigenvalue weighted by Gasteiger charge is 2.37. The van der Waals surface area contributed by atoms with E-state index >= 15 is 0 Å². The average Bonchev–Trinajstić information content (AvgIpc) is 2.89. The van der Waals surface area contributed by atoms with Gasteiger partial charge in [-0.3, -0.25) is 9.59 Å². The Morgan fingerprint density at radius 3 is 2.59 bits per heavy atom. The number of benzene rings is 2. The first kappa shape index (κ1) is 25.8. The van der Waals surface area contributed by atoms with Crippen LogP contribution in [0, 0.1) is 12.8 Å². The molecule has 2 saturated heterocycles. The molecule has 2 fully saturated rings. The SMILES string of the molecule is Cc1cc2c(cc1S(=O)(=O)N1CCC[C@H](C(=O)N3CCN(c4cccc(Cl)c4)CC3)C1)O[C@@H](C)C(=O)N2. The van der Waals surface area contributed by atoms with Crippen molar-refractivity contribution in [3.63, 3.8) is 0 Å². The molecule has 1 N–H and O–H groups in total. The predicted molar refractivity (Wildman–Crippen MR) is 142 cm³/mol. The molecule has 0 aliphatic carbocycles. The number of amides is 2. The number of piperidine rings is 1. The monoisotopic (exact) mass is 546 g/mol. The van der Waals surface area contributed by atoms with Gasteiger partial charge in [-0.15, -0.1) is 0 Å². The molecule has 2 atom stereocenters. The van der Waals surface area contributed by atoms with E-state index in [1.165, 1.54) is 10.4 Å². The van der Waals surface area contributed by atoms with Crippen molar-refractivity contribution in [1.82, 2.24) is 9.21 Å². The number of anilines is 2. The Labute approximate surface area is 222 Å². The second-order valence-electron chi connectivity index (χ2n) is 9.86. The van der Waals surface area contributed by atoms with Crippen molar-refractivity contribution in [1.29, 1.82) is 0 Å². The zero-order chi connectivity index (χ0) is 26.3. The minimum atomic E-state index is -3.85. The Hall–Kier alpha value is -2.82. The Kier molecular flexibility index (Phi) is 7.08. The summed E-state index contributed by atoms with van der Waals surface area (Å²) < 4.78 is 34.4. The molecule has 0 saturated carbocycles. The summed E-state index contributed by atoms with van der Waals surface area (Å²) in [4.78, 5) is 29.5. The minimum Gasteiger partial charge on any atom is -0.479 e. The van der Waals surface area contributed by atoms with Crippen molar-refractivity contribution in [2.45, 2.75) is 37.7 Å². The third-order valence-corrected chi connectivity index (χ3v) is 9.57. The normalized spacial score (nSPS) is 22.7. The van der Waals surface area contributed by atoms with Crippen molar-refractivity contribution in [2.24, 2.45) is 5.92 Å². The van der Waals surface area contributed by atoms with Gasteiger partial charge in [-0.1, -0.05) is 17.7 Å². The zero-order valence-corrected chi connectivity index (χ0v) is 22.5. The number of fused-ring (bicyclic) bond motifs is 1. The van der Waals surface area contributed by atoms with E-state index in [1.54, 1.807) is 19.9 Å². The van der Waals surface area contributed by atoms with E-state index in [1.807, 2.05) is 29.2 Å². The lowest BCUT2D eigenvalue weighted by Gasteiger charge is -2.39. The molecular weight excluding hydrogens is 516 g/mol. The quantitative estimate of drug-likeness (QED) is 0.632. The number of sulfonamides is 1. The van der Waals surface area contributed by atoms with Crippen molar-refractivity contribution in [3.05, 3.63) is 47.0 Å². The first-order chi connectivity index (χ1) is 17.6. The van der Waals surface area contributed by atoms with Crippen molar-refractivity contribution < 1.29 is 22.7 Å². The molecule has 3 aliphatic heterocycles. The number of aryl methyl sites for hydroxylation is 1. The van der Waals surface area contributed by atoms with Gasteiger partial charge < -0.3 is 19.9 Å². The Balaban J connectivity index is 1.27. The van der Waals surface area contributed by atoms with Gasteiger partial charge in [-0.05, 0) is 56.5 Å². The molecule has 0 bridgehead atoms. The van der Waals surface area contributed by atoms with Crippen molar-refractivity contribution in [3.8, 4) is 5.75 Å².